The van der Waals surface area contributed by atoms with Gasteiger partial charge in [-0.15, -0.1) is 24.3 Å². The van der Waals surface area contributed by atoms with Crippen LogP contribution in [0.5, 0.6) is 0 Å². The second-order valence-electron chi connectivity index (χ2n) is 12.8. The SMILES string of the molecule is Fc1c[c-]c(-n2[c-][n+](-c3ccc(F)cc3F)c3ccccc32)c(F)c1.Fc1c[c-]c(-n2[c-][n+](-c3ccc(F)cc3F)c3ccccc32)c(F)c1.[Ir].c1ccc(-c2cnn[n-]2)nc1. The second kappa shape index (κ2) is 18.5. The Bertz CT molecular complexity index is 2810. The Morgan fingerprint density at radius 1 is 0.516 bits per heavy atom. The first-order valence-corrected chi connectivity index (χ1v) is 17.8. The van der Waals surface area contributed by atoms with Gasteiger partial charge in [-0.05, 0) is 53.5 Å². The molecule has 6 aromatic carbocycles. The fourth-order valence-corrected chi connectivity index (χ4v) is 6.16. The van der Waals surface area contributed by atoms with Crippen molar-refractivity contribution in [3.63, 3.8) is 0 Å². The Morgan fingerprint density at radius 3 is 1.40 bits per heavy atom. The quantitative estimate of drug-likeness (QED) is 0.0985. The minimum absolute atomic E-state index is 0. The maximum absolute atomic E-state index is 14.2. The summed E-state index contributed by atoms with van der Waals surface area (Å²) < 4.78 is 115. The molecule has 0 unspecified atom stereocenters. The summed E-state index contributed by atoms with van der Waals surface area (Å²) in [5.41, 5.74) is 3.56. The average molecular weight is 1020 g/mol. The number of imidazole rings is 2. The fourth-order valence-electron chi connectivity index (χ4n) is 6.16. The molecule has 10 aromatic rings. The number of pyridine rings is 1. The van der Waals surface area contributed by atoms with Crippen LogP contribution < -0.4 is 14.2 Å². The molecule has 0 saturated heterocycles. The smallest absolute Gasteiger partial charge is 0.268 e. The Labute approximate surface area is 360 Å². The molecule has 0 spiro atoms. The Hall–Kier alpha value is -7.36. The topological polar surface area (TPSA) is 70.4 Å². The summed E-state index contributed by atoms with van der Waals surface area (Å²) >= 11 is 0. The number of benzene rings is 6. The van der Waals surface area contributed by atoms with Crippen LogP contribution in [-0.4, -0.2) is 24.4 Å². The van der Waals surface area contributed by atoms with Crippen molar-refractivity contribution in [1.82, 2.24) is 29.5 Å². The van der Waals surface area contributed by atoms with Gasteiger partial charge in [-0.1, -0.05) is 60.8 Å². The Morgan fingerprint density at radius 2 is 0.984 bits per heavy atom. The van der Waals surface area contributed by atoms with Crippen LogP contribution in [0.4, 0.5) is 35.1 Å². The number of para-hydroxylation sites is 4. The largest absolute Gasteiger partial charge is 0.358 e. The van der Waals surface area contributed by atoms with Crippen LogP contribution in [0.2, 0.25) is 0 Å². The number of aromatic nitrogens is 8. The predicted molar refractivity (Wildman–Crippen MR) is 203 cm³/mol. The van der Waals surface area contributed by atoms with Crippen molar-refractivity contribution < 1.29 is 64.4 Å². The van der Waals surface area contributed by atoms with E-state index in [0.29, 0.717) is 27.8 Å². The summed E-state index contributed by atoms with van der Waals surface area (Å²) in [6, 6.07) is 34.0. The van der Waals surface area contributed by atoms with E-state index < -0.39 is 46.5 Å². The summed E-state index contributed by atoms with van der Waals surface area (Å²) in [5, 5.41) is 10.8. The van der Waals surface area contributed by atoms with Gasteiger partial charge in [0.05, 0.1) is 27.8 Å². The fraction of sp³-hybridized carbons (Fsp3) is 0. The van der Waals surface area contributed by atoms with E-state index in [9.17, 15) is 35.1 Å². The molecule has 0 aliphatic carbocycles. The molecule has 62 heavy (non-hydrogen) atoms. The van der Waals surface area contributed by atoms with E-state index in [2.05, 4.69) is 45.2 Å². The van der Waals surface area contributed by atoms with Gasteiger partial charge in [0, 0.05) is 61.7 Å². The van der Waals surface area contributed by atoms with Gasteiger partial charge in [-0.25, -0.2) is 17.6 Å². The monoisotopic (exact) mass is 1020 g/mol. The van der Waals surface area contributed by atoms with Gasteiger partial charge < -0.3 is 19.3 Å². The minimum Gasteiger partial charge on any atom is -0.358 e. The molecule has 0 N–H and O–H groups in total. The van der Waals surface area contributed by atoms with Gasteiger partial charge in [-0.2, -0.15) is 12.1 Å². The molecule has 4 heterocycles. The molecule has 8 nitrogen and oxygen atoms in total. The normalized spacial score (nSPS) is 10.8. The van der Waals surface area contributed by atoms with Crippen LogP contribution in [0.1, 0.15) is 0 Å². The van der Waals surface area contributed by atoms with Crippen molar-refractivity contribution in [2.75, 3.05) is 0 Å². The van der Waals surface area contributed by atoms with Crippen LogP contribution in [0, 0.1) is 71.3 Å². The van der Waals surface area contributed by atoms with E-state index in [4.69, 9.17) is 0 Å². The van der Waals surface area contributed by atoms with Crippen LogP contribution in [0.25, 0.3) is 56.2 Å². The standard InChI is InChI=1S/2C19H9F4N2.C7H5N4.Ir/c2*20-12-5-7-16(14(22)9-12)24-11-25(19-4-2-1-3-18(19)24)17-8-6-13(21)10-15(17)23;1-2-4-8-6(3-1)7-5-9-11-10-7;/h2*1-7,9-10H;1-5H;/q3*-1;. The van der Waals surface area contributed by atoms with Gasteiger partial charge in [0.2, 0.25) is 0 Å². The first-order chi connectivity index (χ1) is 29.5. The number of fused-ring (bicyclic) bond motifs is 2. The molecule has 17 heteroatoms. The Kier molecular flexibility index (Phi) is 12.8. The van der Waals surface area contributed by atoms with Gasteiger partial charge in [-0.3, -0.25) is 36.9 Å². The number of nitrogens with zero attached hydrogens (tertiary/aromatic N) is 8. The summed E-state index contributed by atoms with van der Waals surface area (Å²) in [6.45, 7) is 0. The third-order valence-corrected chi connectivity index (χ3v) is 8.86. The number of hydrogen-bond acceptors (Lipinski definition) is 3. The summed E-state index contributed by atoms with van der Waals surface area (Å²) in [5.74, 6) is -6.15. The molecular weight excluding hydrogens is 997 g/mol. The van der Waals surface area contributed by atoms with Crippen LogP contribution in [0.3, 0.4) is 0 Å². The number of rotatable bonds is 5. The van der Waals surface area contributed by atoms with Gasteiger partial charge >= 0.3 is 0 Å². The maximum atomic E-state index is 14.2. The van der Waals surface area contributed by atoms with E-state index in [1.54, 1.807) is 60.9 Å². The second-order valence-corrected chi connectivity index (χ2v) is 12.8. The zero-order valence-corrected chi connectivity index (χ0v) is 33.6. The molecule has 1 radical (unpaired) electrons. The molecule has 0 saturated carbocycles. The third-order valence-electron chi connectivity index (χ3n) is 8.86. The third kappa shape index (κ3) is 8.89. The zero-order chi connectivity index (χ0) is 42.6. The van der Waals surface area contributed by atoms with Crippen molar-refractivity contribution in [3.8, 4) is 34.1 Å². The van der Waals surface area contributed by atoms with Gasteiger partial charge in [0.1, 0.15) is 34.6 Å². The van der Waals surface area contributed by atoms with E-state index >= 15 is 0 Å². The Balaban J connectivity index is 0.000000149. The summed E-state index contributed by atoms with van der Waals surface area (Å²) in [6.07, 6.45) is 8.94. The van der Waals surface area contributed by atoms with Crippen molar-refractivity contribution in [1.29, 1.82) is 0 Å². The molecule has 4 aromatic heterocycles. The average Bonchev–Trinajstić information content (AvgIpc) is 4.01. The van der Waals surface area contributed by atoms with E-state index in [1.807, 2.05) is 18.2 Å². The van der Waals surface area contributed by atoms with Crippen LogP contribution in [-0.2, 0) is 20.1 Å². The van der Waals surface area contributed by atoms with Crippen molar-refractivity contribution in [2.24, 2.45) is 0 Å². The number of halogens is 8. The van der Waals surface area contributed by atoms with Crippen LogP contribution in [0.15, 0.2) is 140 Å². The van der Waals surface area contributed by atoms with Crippen molar-refractivity contribution >= 4 is 22.1 Å². The van der Waals surface area contributed by atoms with E-state index in [1.165, 1.54) is 30.4 Å². The molecule has 0 aliphatic rings. The molecular formula is C45H23F8IrN8-3. The van der Waals surface area contributed by atoms with Crippen LogP contribution >= 0.6 is 0 Å². The molecule has 0 fully saturated rings. The predicted octanol–water partition coefficient (Wildman–Crippen LogP) is 8.62. The van der Waals surface area contributed by atoms with E-state index in [-0.39, 0.29) is 42.9 Å². The minimum atomic E-state index is -0.830. The van der Waals surface area contributed by atoms with Crippen molar-refractivity contribution in [2.45, 2.75) is 0 Å². The van der Waals surface area contributed by atoms with Gasteiger partial charge in [0.25, 0.3) is 12.7 Å². The zero-order valence-electron chi connectivity index (χ0n) is 31.2. The molecule has 0 bridgehead atoms. The molecule has 0 aliphatic heterocycles. The molecule has 10 rings (SSSR count). The van der Waals surface area contributed by atoms with E-state index in [0.717, 1.165) is 54.2 Å². The first kappa shape index (κ1) is 42.8. The van der Waals surface area contributed by atoms with Crippen molar-refractivity contribution in [3.05, 3.63) is 211 Å². The first-order valence-electron chi connectivity index (χ1n) is 17.8. The molecule has 0 atom stereocenters. The summed E-state index contributed by atoms with van der Waals surface area (Å²) in [7, 11) is 0. The van der Waals surface area contributed by atoms with Gasteiger partial charge in [0.15, 0.2) is 0 Å². The molecule has 311 valence electrons. The summed E-state index contributed by atoms with van der Waals surface area (Å²) in [4.78, 5) is 4.08. The molecule has 0 amide bonds. The number of hydrogen-bond donors (Lipinski definition) is 0. The maximum Gasteiger partial charge on any atom is 0.268 e.